The lowest BCUT2D eigenvalue weighted by molar-refractivity contribution is -0.122. The zero-order valence-corrected chi connectivity index (χ0v) is 14.0. The van der Waals surface area contributed by atoms with Gasteiger partial charge in [0.05, 0.1) is 7.11 Å². The molecule has 0 atom stereocenters. The SMILES string of the molecule is COc1cccc(OCC(=O)NCCSC2CCCCC2)c1. The van der Waals surface area contributed by atoms with Gasteiger partial charge in [-0.05, 0) is 25.0 Å². The second kappa shape index (κ2) is 9.62. The third kappa shape index (κ3) is 6.18. The van der Waals surface area contributed by atoms with E-state index in [1.54, 1.807) is 13.2 Å². The number of carbonyl (C=O) groups is 1. The maximum absolute atomic E-state index is 11.7. The van der Waals surface area contributed by atoms with E-state index in [2.05, 4.69) is 5.32 Å². The van der Waals surface area contributed by atoms with Crippen molar-refractivity contribution in [2.24, 2.45) is 0 Å². The standard InChI is InChI=1S/C17H25NO3S/c1-20-14-6-5-7-15(12-14)21-13-17(19)18-10-11-22-16-8-3-2-4-9-16/h5-7,12,16H,2-4,8-11,13H2,1H3,(H,18,19). The molecule has 1 aliphatic carbocycles. The summed E-state index contributed by atoms with van der Waals surface area (Å²) in [7, 11) is 1.61. The first-order chi connectivity index (χ1) is 10.8. The quantitative estimate of drug-likeness (QED) is 0.746. The molecule has 5 heteroatoms. The van der Waals surface area contributed by atoms with E-state index in [4.69, 9.17) is 9.47 Å². The third-order valence-electron chi connectivity index (χ3n) is 3.74. The summed E-state index contributed by atoms with van der Waals surface area (Å²) in [5.74, 6) is 2.27. The fourth-order valence-corrected chi connectivity index (χ4v) is 3.76. The van der Waals surface area contributed by atoms with E-state index in [9.17, 15) is 4.79 Å². The number of ether oxygens (including phenoxy) is 2. The van der Waals surface area contributed by atoms with Crippen LogP contribution in [0.4, 0.5) is 0 Å². The van der Waals surface area contributed by atoms with Gasteiger partial charge in [0.2, 0.25) is 0 Å². The molecule has 4 nitrogen and oxygen atoms in total. The third-order valence-corrected chi connectivity index (χ3v) is 5.12. The molecule has 0 radical (unpaired) electrons. The van der Waals surface area contributed by atoms with Crippen LogP contribution < -0.4 is 14.8 Å². The highest BCUT2D eigenvalue weighted by Crippen LogP contribution is 2.27. The minimum absolute atomic E-state index is 0.0429. The molecule has 22 heavy (non-hydrogen) atoms. The average molecular weight is 323 g/mol. The molecule has 0 heterocycles. The Morgan fingerprint density at radius 1 is 1.27 bits per heavy atom. The first-order valence-electron chi connectivity index (χ1n) is 7.93. The maximum atomic E-state index is 11.7. The van der Waals surface area contributed by atoms with Crippen molar-refractivity contribution in [3.05, 3.63) is 24.3 Å². The first-order valence-corrected chi connectivity index (χ1v) is 8.98. The summed E-state index contributed by atoms with van der Waals surface area (Å²) < 4.78 is 10.6. The predicted molar refractivity (Wildman–Crippen MR) is 90.8 cm³/mol. The Morgan fingerprint density at radius 3 is 2.82 bits per heavy atom. The minimum atomic E-state index is -0.0768. The monoisotopic (exact) mass is 323 g/mol. The van der Waals surface area contributed by atoms with Crippen LogP contribution in [0.25, 0.3) is 0 Å². The summed E-state index contributed by atoms with van der Waals surface area (Å²) in [6.45, 7) is 0.753. The molecule has 0 saturated heterocycles. The van der Waals surface area contributed by atoms with Gasteiger partial charge in [-0.15, -0.1) is 0 Å². The minimum Gasteiger partial charge on any atom is -0.497 e. The van der Waals surface area contributed by atoms with Crippen molar-refractivity contribution in [2.45, 2.75) is 37.4 Å². The van der Waals surface area contributed by atoms with Gasteiger partial charge in [0.15, 0.2) is 6.61 Å². The van der Waals surface area contributed by atoms with Crippen LogP contribution in [-0.2, 0) is 4.79 Å². The highest BCUT2D eigenvalue weighted by Gasteiger charge is 2.13. The lowest BCUT2D eigenvalue weighted by Crippen LogP contribution is -2.31. The van der Waals surface area contributed by atoms with Crippen LogP contribution >= 0.6 is 11.8 Å². The maximum Gasteiger partial charge on any atom is 0.257 e. The molecule has 122 valence electrons. The Bertz CT molecular complexity index is 461. The predicted octanol–water partition coefficient (Wildman–Crippen LogP) is 3.26. The molecule has 2 rings (SSSR count). The number of thioether (sulfide) groups is 1. The smallest absolute Gasteiger partial charge is 0.257 e. The van der Waals surface area contributed by atoms with Gasteiger partial charge in [-0.25, -0.2) is 0 Å². The highest BCUT2D eigenvalue weighted by atomic mass is 32.2. The molecule has 1 N–H and O–H groups in total. The molecule has 1 amide bonds. The Kier molecular flexibility index (Phi) is 7.43. The van der Waals surface area contributed by atoms with Gasteiger partial charge < -0.3 is 14.8 Å². The van der Waals surface area contributed by atoms with E-state index < -0.39 is 0 Å². The summed E-state index contributed by atoms with van der Waals surface area (Å²) >= 11 is 1.99. The zero-order valence-electron chi connectivity index (χ0n) is 13.2. The van der Waals surface area contributed by atoms with Crippen molar-refractivity contribution < 1.29 is 14.3 Å². The highest BCUT2D eigenvalue weighted by molar-refractivity contribution is 7.99. The molecule has 1 fully saturated rings. The summed E-state index contributed by atoms with van der Waals surface area (Å²) in [4.78, 5) is 11.7. The number of carbonyl (C=O) groups excluding carboxylic acids is 1. The van der Waals surface area contributed by atoms with Gasteiger partial charge in [-0.3, -0.25) is 4.79 Å². The lowest BCUT2D eigenvalue weighted by atomic mass is 10.0. The molecular formula is C17H25NO3S. The van der Waals surface area contributed by atoms with E-state index >= 15 is 0 Å². The van der Waals surface area contributed by atoms with Crippen LogP contribution in [0.1, 0.15) is 32.1 Å². The number of benzene rings is 1. The van der Waals surface area contributed by atoms with Crippen molar-refractivity contribution >= 4 is 17.7 Å². The molecule has 0 aliphatic heterocycles. The van der Waals surface area contributed by atoms with Crippen molar-refractivity contribution in [1.29, 1.82) is 0 Å². The number of amides is 1. The van der Waals surface area contributed by atoms with Gasteiger partial charge in [0, 0.05) is 23.6 Å². The number of rotatable bonds is 8. The van der Waals surface area contributed by atoms with Gasteiger partial charge in [-0.1, -0.05) is 25.3 Å². The van der Waals surface area contributed by atoms with Crippen molar-refractivity contribution in [1.82, 2.24) is 5.32 Å². The van der Waals surface area contributed by atoms with Gasteiger partial charge in [0.1, 0.15) is 11.5 Å². The first kappa shape index (κ1) is 17.0. The summed E-state index contributed by atoms with van der Waals surface area (Å²) in [6.07, 6.45) is 6.77. The number of hydrogen-bond donors (Lipinski definition) is 1. The fraction of sp³-hybridized carbons (Fsp3) is 0.588. The van der Waals surface area contributed by atoms with Crippen molar-refractivity contribution in [3.8, 4) is 11.5 Å². The zero-order chi connectivity index (χ0) is 15.6. The van der Waals surface area contributed by atoms with Gasteiger partial charge in [-0.2, -0.15) is 11.8 Å². The normalized spacial score (nSPS) is 15.3. The lowest BCUT2D eigenvalue weighted by Gasteiger charge is -2.20. The van der Waals surface area contributed by atoms with Crippen LogP contribution in [0.2, 0.25) is 0 Å². The topological polar surface area (TPSA) is 47.6 Å². The van der Waals surface area contributed by atoms with Crippen LogP contribution in [-0.4, -0.2) is 37.2 Å². The molecule has 0 aromatic heterocycles. The molecule has 1 saturated carbocycles. The van der Waals surface area contributed by atoms with E-state index in [1.165, 1.54) is 32.1 Å². The molecule has 1 aliphatic rings. The van der Waals surface area contributed by atoms with E-state index in [-0.39, 0.29) is 12.5 Å². The number of nitrogens with one attached hydrogen (secondary N) is 1. The van der Waals surface area contributed by atoms with Gasteiger partial charge in [0.25, 0.3) is 5.91 Å². The fourth-order valence-electron chi connectivity index (χ4n) is 2.54. The number of methoxy groups -OCH3 is 1. The second-order valence-corrected chi connectivity index (χ2v) is 6.86. The van der Waals surface area contributed by atoms with Gasteiger partial charge >= 0.3 is 0 Å². The van der Waals surface area contributed by atoms with Crippen LogP contribution in [0, 0.1) is 0 Å². The van der Waals surface area contributed by atoms with Crippen LogP contribution in [0.15, 0.2) is 24.3 Å². The van der Waals surface area contributed by atoms with Crippen LogP contribution in [0.5, 0.6) is 11.5 Å². The van der Waals surface area contributed by atoms with E-state index in [0.717, 1.165) is 16.8 Å². The van der Waals surface area contributed by atoms with E-state index in [0.29, 0.717) is 12.3 Å². The molecule has 1 aromatic carbocycles. The second-order valence-electron chi connectivity index (χ2n) is 5.45. The van der Waals surface area contributed by atoms with Crippen molar-refractivity contribution in [2.75, 3.05) is 26.0 Å². The summed E-state index contributed by atoms with van der Waals surface area (Å²) in [6, 6.07) is 7.27. The molecule has 1 aromatic rings. The Labute approximate surface area is 137 Å². The largest absolute Gasteiger partial charge is 0.497 e. The molecule has 0 bridgehead atoms. The van der Waals surface area contributed by atoms with E-state index in [1.807, 2.05) is 30.0 Å². The molecule has 0 spiro atoms. The van der Waals surface area contributed by atoms with Crippen LogP contribution in [0.3, 0.4) is 0 Å². The Morgan fingerprint density at radius 2 is 2.05 bits per heavy atom. The summed E-state index contributed by atoms with van der Waals surface area (Å²) in [5.41, 5.74) is 0. The average Bonchev–Trinajstić information content (AvgIpc) is 2.58. The Balaban J connectivity index is 1.57. The summed E-state index contributed by atoms with van der Waals surface area (Å²) in [5, 5.41) is 3.70. The Hall–Kier alpha value is -1.36. The molecule has 0 unspecified atom stereocenters. The molecular weight excluding hydrogens is 298 g/mol. The van der Waals surface area contributed by atoms with Crippen molar-refractivity contribution in [3.63, 3.8) is 0 Å². The number of hydrogen-bond acceptors (Lipinski definition) is 4.